The predicted molar refractivity (Wildman–Crippen MR) is 103 cm³/mol. The fourth-order valence-corrected chi connectivity index (χ4v) is 3.40. The highest BCUT2D eigenvalue weighted by molar-refractivity contribution is 5.90. The van der Waals surface area contributed by atoms with Crippen molar-refractivity contribution in [3.8, 4) is 11.7 Å². The summed E-state index contributed by atoms with van der Waals surface area (Å²) in [7, 11) is 0. The fraction of sp³-hybridized carbons (Fsp3) is 0.450. The molecule has 0 radical (unpaired) electrons. The third-order valence-corrected chi connectivity index (χ3v) is 5.01. The molecule has 4 rings (SSSR count). The number of furan rings is 1. The molecular weight excluding hydrogens is 360 g/mol. The topological polar surface area (TPSA) is 93.6 Å². The Balaban J connectivity index is 1.38. The van der Waals surface area contributed by atoms with E-state index in [9.17, 15) is 4.79 Å². The molecule has 2 aromatic heterocycles. The van der Waals surface area contributed by atoms with Gasteiger partial charge in [-0.2, -0.15) is 0 Å². The van der Waals surface area contributed by atoms with Crippen molar-refractivity contribution >= 4 is 16.9 Å². The molecule has 1 aliphatic rings. The average molecular weight is 384 g/mol. The molecule has 0 spiro atoms. The number of ether oxygens (including phenoxy) is 1. The lowest BCUT2D eigenvalue weighted by molar-refractivity contribution is 0.0374. The van der Waals surface area contributed by atoms with E-state index in [2.05, 4.69) is 20.4 Å². The number of fused-ring (bicyclic) bond motifs is 1. The molecule has 0 saturated carbocycles. The minimum Gasteiger partial charge on any atom is -0.450 e. The summed E-state index contributed by atoms with van der Waals surface area (Å²) in [6.07, 6.45) is 0.856. The van der Waals surface area contributed by atoms with Crippen LogP contribution >= 0.6 is 0 Å². The van der Waals surface area contributed by atoms with Gasteiger partial charge in [0, 0.05) is 30.6 Å². The van der Waals surface area contributed by atoms with Crippen LogP contribution in [0.5, 0.6) is 0 Å². The maximum Gasteiger partial charge on any atom is 0.308 e. The summed E-state index contributed by atoms with van der Waals surface area (Å²) in [4.78, 5) is 14.6. The van der Waals surface area contributed by atoms with Gasteiger partial charge in [-0.25, -0.2) is 0 Å². The van der Waals surface area contributed by atoms with Gasteiger partial charge in [0.25, 0.3) is 5.89 Å². The Bertz CT molecular complexity index is 972. The highest BCUT2D eigenvalue weighted by atomic mass is 16.5. The van der Waals surface area contributed by atoms with Gasteiger partial charge < -0.3 is 18.9 Å². The first-order chi connectivity index (χ1) is 13.6. The number of aryl methyl sites for hydroxylation is 2. The second-order valence-electron chi connectivity index (χ2n) is 6.98. The van der Waals surface area contributed by atoms with Gasteiger partial charge in [-0.1, -0.05) is 18.2 Å². The number of carbonyl (C=O) groups is 1. The molecule has 148 valence electrons. The summed E-state index contributed by atoms with van der Waals surface area (Å²) >= 11 is 0. The fourth-order valence-electron chi connectivity index (χ4n) is 3.40. The summed E-state index contributed by atoms with van der Waals surface area (Å²) < 4.78 is 16.8. The predicted octanol–water partition coefficient (Wildman–Crippen LogP) is 2.55. The smallest absolute Gasteiger partial charge is 0.308 e. The Kier molecular flexibility index (Phi) is 5.40. The molecule has 3 heterocycles. The van der Waals surface area contributed by atoms with Crippen LogP contribution in [-0.2, 0) is 4.74 Å². The van der Waals surface area contributed by atoms with Gasteiger partial charge in [0.05, 0.1) is 13.2 Å². The maximum absolute atomic E-state index is 12.3. The normalized spacial score (nSPS) is 15.2. The van der Waals surface area contributed by atoms with E-state index >= 15 is 0 Å². The van der Waals surface area contributed by atoms with E-state index in [1.807, 2.05) is 32.0 Å². The number of benzene rings is 1. The van der Waals surface area contributed by atoms with Crippen LogP contribution in [0.15, 0.2) is 27.0 Å². The molecule has 3 aromatic rings. The van der Waals surface area contributed by atoms with Gasteiger partial charge in [-0.05, 0) is 32.4 Å². The highest BCUT2D eigenvalue weighted by Gasteiger charge is 2.21. The minimum absolute atomic E-state index is 0.0575. The molecule has 8 heteroatoms. The van der Waals surface area contributed by atoms with Crippen LogP contribution in [0, 0.1) is 13.8 Å². The summed E-state index contributed by atoms with van der Waals surface area (Å²) in [6.45, 7) is 8.84. The quantitative estimate of drug-likeness (QED) is 0.653. The zero-order chi connectivity index (χ0) is 19.5. The van der Waals surface area contributed by atoms with Crippen molar-refractivity contribution in [1.82, 2.24) is 20.4 Å². The van der Waals surface area contributed by atoms with Gasteiger partial charge in [0.15, 0.2) is 5.76 Å². The first-order valence-electron chi connectivity index (χ1n) is 9.54. The largest absolute Gasteiger partial charge is 0.450 e. The van der Waals surface area contributed by atoms with Crippen LogP contribution in [0.2, 0.25) is 0 Å². The zero-order valence-corrected chi connectivity index (χ0v) is 16.2. The lowest BCUT2D eigenvalue weighted by Crippen LogP contribution is -2.38. The van der Waals surface area contributed by atoms with Gasteiger partial charge in [-0.3, -0.25) is 9.69 Å². The van der Waals surface area contributed by atoms with Crippen LogP contribution in [0.1, 0.15) is 28.2 Å². The number of aromatic nitrogens is 2. The van der Waals surface area contributed by atoms with E-state index < -0.39 is 0 Å². The van der Waals surface area contributed by atoms with Crippen LogP contribution in [0.3, 0.4) is 0 Å². The number of nitrogens with zero attached hydrogens (tertiary/aromatic N) is 3. The summed E-state index contributed by atoms with van der Waals surface area (Å²) in [5.74, 6) is 0.290. The summed E-state index contributed by atoms with van der Waals surface area (Å²) in [5.41, 5.74) is 2.74. The number of para-hydroxylation sites is 1. The molecule has 1 fully saturated rings. The summed E-state index contributed by atoms with van der Waals surface area (Å²) in [6, 6.07) is 5.95. The van der Waals surface area contributed by atoms with Crippen LogP contribution < -0.4 is 5.32 Å². The Labute approximate surface area is 162 Å². The molecule has 8 nitrogen and oxygen atoms in total. The van der Waals surface area contributed by atoms with Crippen molar-refractivity contribution in [2.75, 3.05) is 39.4 Å². The molecule has 1 amide bonds. The van der Waals surface area contributed by atoms with E-state index in [1.165, 1.54) is 0 Å². The van der Waals surface area contributed by atoms with E-state index in [0.717, 1.165) is 61.4 Å². The van der Waals surface area contributed by atoms with E-state index in [4.69, 9.17) is 13.6 Å². The monoisotopic (exact) mass is 384 g/mol. The third kappa shape index (κ3) is 3.79. The standard InChI is InChI=1S/C20H24N4O4/c1-13-5-3-6-15-14(2)17(27-16(13)15)19-22-23-20(28-19)18(25)21-7-4-8-24-9-11-26-12-10-24/h3,5-6H,4,7-12H2,1-2H3,(H,21,25). The van der Waals surface area contributed by atoms with Crippen molar-refractivity contribution in [1.29, 1.82) is 0 Å². The van der Waals surface area contributed by atoms with E-state index in [1.54, 1.807) is 0 Å². The lowest BCUT2D eigenvalue weighted by atomic mass is 10.1. The highest BCUT2D eigenvalue weighted by Crippen LogP contribution is 2.33. The van der Waals surface area contributed by atoms with Gasteiger partial charge in [0.2, 0.25) is 0 Å². The van der Waals surface area contributed by atoms with Crippen molar-refractivity contribution < 1.29 is 18.4 Å². The molecule has 1 saturated heterocycles. The number of amides is 1. The van der Waals surface area contributed by atoms with E-state index in [-0.39, 0.29) is 17.7 Å². The molecule has 1 aromatic carbocycles. The number of morpholine rings is 1. The molecular formula is C20H24N4O4. The second-order valence-corrected chi connectivity index (χ2v) is 6.98. The van der Waals surface area contributed by atoms with Crippen molar-refractivity contribution in [2.45, 2.75) is 20.3 Å². The number of rotatable bonds is 6. The third-order valence-electron chi connectivity index (χ3n) is 5.01. The first kappa shape index (κ1) is 18.6. The molecule has 0 atom stereocenters. The average Bonchev–Trinajstić information content (AvgIpc) is 3.32. The van der Waals surface area contributed by atoms with Gasteiger partial charge >= 0.3 is 11.8 Å². The first-order valence-corrected chi connectivity index (χ1v) is 9.54. The van der Waals surface area contributed by atoms with Crippen molar-refractivity contribution in [2.24, 2.45) is 0 Å². The molecule has 1 aliphatic heterocycles. The summed E-state index contributed by atoms with van der Waals surface area (Å²) in [5, 5.41) is 11.7. The molecule has 0 bridgehead atoms. The lowest BCUT2D eigenvalue weighted by Gasteiger charge is -2.26. The van der Waals surface area contributed by atoms with Gasteiger partial charge in [0.1, 0.15) is 5.58 Å². The van der Waals surface area contributed by atoms with Crippen molar-refractivity contribution in [3.05, 3.63) is 35.2 Å². The Morgan fingerprint density at radius 1 is 1.18 bits per heavy atom. The number of hydrogen-bond donors (Lipinski definition) is 1. The van der Waals surface area contributed by atoms with Gasteiger partial charge in [-0.15, -0.1) is 10.2 Å². The van der Waals surface area contributed by atoms with Crippen LogP contribution in [0.4, 0.5) is 0 Å². The van der Waals surface area contributed by atoms with E-state index in [0.29, 0.717) is 12.3 Å². The molecule has 28 heavy (non-hydrogen) atoms. The SMILES string of the molecule is Cc1c(-c2nnc(C(=O)NCCCN3CCOCC3)o2)oc2c(C)cccc12. The molecule has 0 aliphatic carbocycles. The molecule has 1 N–H and O–H groups in total. The van der Waals surface area contributed by atoms with Crippen molar-refractivity contribution in [3.63, 3.8) is 0 Å². The Hall–Kier alpha value is -2.71. The Morgan fingerprint density at radius 3 is 2.79 bits per heavy atom. The number of hydrogen-bond acceptors (Lipinski definition) is 7. The Morgan fingerprint density at radius 2 is 2.00 bits per heavy atom. The maximum atomic E-state index is 12.3. The van der Waals surface area contributed by atoms with Crippen LogP contribution in [-0.4, -0.2) is 60.4 Å². The van der Waals surface area contributed by atoms with Crippen LogP contribution in [0.25, 0.3) is 22.6 Å². The number of nitrogens with one attached hydrogen (secondary N) is 1. The molecule has 0 unspecified atom stereocenters. The zero-order valence-electron chi connectivity index (χ0n) is 16.2. The minimum atomic E-state index is -0.370. The second kappa shape index (κ2) is 8.12. The number of carbonyl (C=O) groups excluding carboxylic acids is 1.